The number of hydrogen-bond donors (Lipinski definition) is 0. The van der Waals surface area contributed by atoms with E-state index in [4.69, 9.17) is 0 Å². The number of hydrogen-bond acceptors (Lipinski definition) is 0. The Hall–Kier alpha value is 0.714. The third-order valence-corrected chi connectivity index (χ3v) is 0.707. The van der Waals surface area contributed by atoms with Crippen molar-refractivity contribution in [1.29, 1.82) is 0 Å². The van der Waals surface area contributed by atoms with Gasteiger partial charge in [-0.1, -0.05) is 13.2 Å². The Morgan fingerprint density at radius 3 is 2.17 bits per heavy atom. The fourth-order valence-corrected chi connectivity index (χ4v) is 0.354. The van der Waals surface area contributed by atoms with Crippen molar-refractivity contribution in [3.63, 3.8) is 0 Å². The van der Waals surface area contributed by atoms with Crippen LogP contribution in [0.3, 0.4) is 0 Å². The average molecular weight is 121 g/mol. The van der Waals surface area contributed by atoms with Crippen LogP contribution >= 0.6 is 0 Å². The molecule has 0 saturated heterocycles. The van der Waals surface area contributed by atoms with Gasteiger partial charge in [0, 0.05) is 17.1 Å². The van der Waals surface area contributed by atoms with Gasteiger partial charge in [0.15, 0.2) is 0 Å². The zero-order valence-corrected chi connectivity index (χ0v) is 5.58. The minimum absolute atomic E-state index is 0. The summed E-state index contributed by atoms with van der Waals surface area (Å²) < 4.78 is 0. The molecule has 0 fully saturated rings. The van der Waals surface area contributed by atoms with Crippen LogP contribution in [0.4, 0.5) is 0 Å². The Bertz CT molecular complexity index is 16.3. The van der Waals surface area contributed by atoms with Gasteiger partial charge in [-0.2, -0.15) is 0 Å². The first-order chi connectivity index (χ1) is 2.41. The van der Waals surface area contributed by atoms with E-state index in [9.17, 15) is 0 Å². The van der Waals surface area contributed by atoms with E-state index in [0.29, 0.717) is 0 Å². The van der Waals surface area contributed by atoms with E-state index < -0.39 is 0 Å². The molecule has 0 rings (SSSR count). The predicted octanol–water partition coefficient (Wildman–Crippen LogP) is -1.24. The molecule has 0 aliphatic rings. The molecule has 0 amide bonds. The van der Waals surface area contributed by atoms with E-state index >= 15 is 0 Å². The largest absolute Gasteiger partial charge is 0.0881 e. The van der Waals surface area contributed by atoms with Gasteiger partial charge in [0.1, 0.15) is 0 Å². The fraction of sp³-hybridized carbons (Fsp3) is 1.00. The second kappa shape index (κ2) is 9.21. The van der Waals surface area contributed by atoms with Gasteiger partial charge < -0.3 is 0 Å². The molecular weight excluding hydrogens is 112 g/mol. The standard InChI is InChI=1S/C2H9B3.Fe/c1-2-4-5-3;/h4-5H,2-3H2,1H3;. The van der Waals surface area contributed by atoms with Gasteiger partial charge in [0.05, 0.1) is 22.0 Å². The molecule has 0 atom stereocenters. The molecule has 0 bridgehead atoms. The molecule has 0 aliphatic carbocycles. The van der Waals surface area contributed by atoms with E-state index in [1.54, 1.807) is 0 Å². The fourth-order valence-electron chi connectivity index (χ4n) is 0.354. The Kier molecular flexibility index (Phi) is 15.1. The second-order valence-electron chi connectivity index (χ2n) is 1.35. The summed E-state index contributed by atoms with van der Waals surface area (Å²) >= 11 is 0. The molecule has 0 radical (unpaired) electrons. The molecule has 0 aromatic rings. The first-order valence-corrected chi connectivity index (χ1v) is 2.41. The smallest absolute Gasteiger partial charge is 0.0776 e. The van der Waals surface area contributed by atoms with Gasteiger partial charge in [-0.15, -0.1) is 0 Å². The molecular formula is C2H9B3Fe. The topological polar surface area (TPSA) is 0 Å². The SMILES string of the molecule is BBBCC.[Fe]. The molecule has 0 aliphatic heterocycles. The van der Waals surface area contributed by atoms with E-state index in [1.807, 2.05) is 0 Å². The van der Waals surface area contributed by atoms with Crippen molar-refractivity contribution in [2.75, 3.05) is 0 Å². The summed E-state index contributed by atoms with van der Waals surface area (Å²) in [6.07, 6.45) is 1.34. The Morgan fingerprint density at radius 1 is 1.67 bits per heavy atom. The molecule has 0 spiro atoms. The molecule has 4 heteroatoms. The van der Waals surface area contributed by atoms with Crippen LogP contribution < -0.4 is 0 Å². The van der Waals surface area contributed by atoms with Crippen LogP contribution in [0, 0.1) is 0 Å². The van der Waals surface area contributed by atoms with Gasteiger partial charge in [-0.3, -0.25) is 0 Å². The van der Waals surface area contributed by atoms with Crippen LogP contribution in [0.2, 0.25) is 6.32 Å². The van der Waals surface area contributed by atoms with Gasteiger partial charge in [-0.05, 0) is 0 Å². The Morgan fingerprint density at radius 2 is 2.17 bits per heavy atom. The summed E-state index contributed by atoms with van der Waals surface area (Å²) in [4.78, 5) is 0. The molecule has 6 heavy (non-hydrogen) atoms. The van der Waals surface area contributed by atoms with Gasteiger partial charge in [0.2, 0.25) is 0 Å². The van der Waals surface area contributed by atoms with Crippen LogP contribution in [0.15, 0.2) is 0 Å². The summed E-state index contributed by atoms with van der Waals surface area (Å²) in [7, 11) is 4.94. The molecule has 0 aromatic carbocycles. The van der Waals surface area contributed by atoms with Crippen LogP contribution in [0.5, 0.6) is 0 Å². The number of rotatable bonds is 2. The second-order valence-corrected chi connectivity index (χ2v) is 1.35. The van der Waals surface area contributed by atoms with Crippen molar-refractivity contribution in [2.45, 2.75) is 13.2 Å². The molecule has 34 valence electrons. The van der Waals surface area contributed by atoms with Gasteiger partial charge in [0.25, 0.3) is 0 Å². The predicted molar refractivity (Wildman–Crippen MR) is 33.3 cm³/mol. The summed E-state index contributed by atoms with van der Waals surface area (Å²) in [5.74, 6) is 0. The summed E-state index contributed by atoms with van der Waals surface area (Å²) in [6, 6.07) is 0. The van der Waals surface area contributed by atoms with E-state index in [-0.39, 0.29) is 17.1 Å². The van der Waals surface area contributed by atoms with Crippen molar-refractivity contribution in [3.05, 3.63) is 0 Å². The molecule has 0 nitrogen and oxygen atoms in total. The molecule has 0 unspecified atom stereocenters. The summed E-state index contributed by atoms with van der Waals surface area (Å²) in [5, 5.41) is 0. The van der Waals surface area contributed by atoms with Crippen LogP contribution in [0.1, 0.15) is 6.92 Å². The van der Waals surface area contributed by atoms with Crippen molar-refractivity contribution in [2.24, 2.45) is 0 Å². The van der Waals surface area contributed by atoms with Gasteiger partial charge >= 0.3 is 0 Å². The van der Waals surface area contributed by atoms with Crippen LogP contribution in [-0.4, -0.2) is 22.0 Å². The van der Waals surface area contributed by atoms with Crippen LogP contribution in [0.25, 0.3) is 0 Å². The summed E-state index contributed by atoms with van der Waals surface area (Å²) in [5.41, 5.74) is 0. The minimum Gasteiger partial charge on any atom is -0.0881 e. The maximum absolute atomic E-state index is 2.21. The Balaban J connectivity index is 0. The molecule has 0 saturated carbocycles. The van der Waals surface area contributed by atoms with Crippen molar-refractivity contribution in [3.8, 4) is 0 Å². The molecule has 0 heterocycles. The van der Waals surface area contributed by atoms with E-state index in [2.05, 4.69) is 14.7 Å². The first-order valence-electron chi connectivity index (χ1n) is 2.41. The average Bonchev–Trinajstić information content (AvgIpc) is 1.41. The maximum atomic E-state index is 2.21. The zero-order chi connectivity index (χ0) is 4.12. The van der Waals surface area contributed by atoms with Crippen molar-refractivity contribution >= 4 is 22.0 Å². The summed E-state index contributed by atoms with van der Waals surface area (Å²) in [6.45, 7) is 2.21. The quantitative estimate of drug-likeness (QED) is 0.401. The van der Waals surface area contributed by atoms with Crippen molar-refractivity contribution in [1.82, 2.24) is 0 Å². The van der Waals surface area contributed by atoms with E-state index in [0.717, 1.165) is 0 Å². The van der Waals surface area contributed by atoms with Gasteiger partial charge in [-0.25, -0.2) is 0 Å². The third kappa shape index (κ3) is 8.83. The minimum atomic E-state index is 0. The normalized spacial score (nSPS) is 5.50. The maximum Gasteiger partial charge on any atom is 0.0776 e. The van der Waals surface area contributed by atoms with Crippen LogP contribution in [-0.2, 0) is 17.1 Å². The monoisotopic (exact) mass is 122 g/mol. The first kappa shape index (κ1) is 9.86. The Labute approximate surface area is 52.8 Å². The zero-order valence-electron chi connectivity index (χ0n) is 4.47. The van der Waals surface area contributed by atoms with E-state index in [1.165, 1.54) is 20.6 Å². The molecule has 0 N–H and O–H groups in total. The van der Waals surface area contributed by atoms with Crippen molar-refractivity contribution < 1.29 is 17.1 Å². The molecule has 0 aromatic heterocycles. The third-order valence-electron chi connectivity index (χ3n) is 0.707.